The van der Waals surface area contributed by atoms with E-state index >= 15 is 0 Å². The summed E-state index contributed by atoms with van der Waals surface area (Å²) in [6, 6.07) is 0.626. The molecule has 0 saturated carbocycles. The Balaban J connectivity index is 0.000000379. The van der Waals surface area contributed by atoms with Crippen LogP contribution in [0.4, 0.5) is 0 Å². The van der Waals surface area contributed by atoms with Crippen LogP contribution in [0.25, 0.3) is 0 Å². The van der Waals surface area contributed by atoms with Gasteiger partial charge in [0.05, 0.1) is 0 Å². The molecule has 0 aromatic heterocycles. The van der Waals surface area contributed by atoms with Gasteiger partial charge in [-0.2, -0.15) is 0 Å². The number of amides is 1. The fourth-order valence-electron chi connectivity index (χ4n) is 2.06. The molecule has 2 aliphatic heterocycles. The van der Waals surface area contributed by atoms with Crippen molar-refractivity contribution < 1.29 is 9.90 Å². The highest BCUT2D eigenvalue weighted by Gasteiger charge is 2.31. The second-order valence-corrected chi connectivity index (χ2v) is 3.28. The first-order chi connectivity index (χ1) is 6.88. The SMILES string of the molecule is CC.CO.O=C1CC[C@H]2CCCCN12. The van der Waals surface area contributed by atoms with E-state index in [1.165, 1.54) is 19.3 Å². The quantitative estimate of drug-likeness (QED) is 0.649. The van der Waals surface area contributed by atoms with Gasteiger partial charge in [-0.25, -0.2) is 0 Å². The predicted molar refractivity (Wildman–Crippen MR) is 58.1 cm³/mol. The zero-order chi connectivity index (χ0) is 11.0. The predicted octanol–water partition coefficient (Wildman–Crippen LogP) is 1.80. The van der Waals surface area contributed by atoms with Crippen molar-refractivity contribution in [2.75, 3.05) is 13.7 Å². The summed E-state index contributed by atoms with van der Waals surface area (Å²) in [6.07, 6.45) is 5.74. The number of piperidine rings is 1. The number of hydrogen-bond acceptors (Lipinski definition) is 2. The minimum atomic E-state index is 0.393. The summed E-state index contributed by atoms with van der Waals surface area (Å²) >= 11 is 0. The molecule has 0 aromatic carbocycles. The monoisotopic (exact) mass is 201 g/mol. The first kappa shape index (κ1) is 13.4. The maximum Gasteiger partial charge on any atom is 0.222 e. The molecule has 1 amide bonds. The van der Waals surface area contributed by atoms with E-state index in [2.05, 4.69) is 4.90 Å². The van der Waals surface area contributed by atoms with E-state index in [0.29, 0.717) is 11.9 Å². The molecule has 3 nitrogen and oxygen atoms in total. The van der Waals surface area contributed by atoms with E-state index < -0.39 is 0 Å². The number of nitrogens with zero attached hydrogens (tertiary/aromatic N) is 1. The van der Waals surface area contributed by atoms with Crippen molar-refractivity contribution in [1.29, 1.82) is 0 Å². The Morgan fingerprint density at radius 2 is 1.86 bits per heavy atom. The molecule has 1 N–H and O–H groups in total. The number of fused-ring (bicyclic) bond motifs is 1. The van der Waals surface area contributed by atoms with Crippen LogP contribution in [0, 0.1) is 0 Å². The van der Waals surface area contributed by atoms with Gasteiger partial charge in [-0.1, -0.05) is 13.8 Å². The van der Waals surface area contributed by atoms with Crippen LogP contribution in [0.2, 0.25) is 0 Å². The highest BCUT2D eigenvalue weighted by molar-refractivity contribution is 5.78. The first-order valence-electron chi connectivity index (χ1n) is 5.62. The van der Waals surface area contributed by atoms with E-state index in [9.17, 15) is 4.79 Å². The highest BCUT2D eigenvalue weighted by Crippen LogP contribution is 2.27. The van der Waals surface area contributed by atoms with Crippen LogP contribution in [-0.2, 0) is 4.79 Å². The molecule has 2 fully saturated rings. The maximum absolute atomic E-state index is 11.1. The van der Waals surface area contributed by atoms with Gasteiger partial charge in [0.1, 0.15) is 0 Å². The maximum atomic E-state index is 11.1. The molecule has 0 radical (unpaired) electrons. The third-order valence-electron chi connectivity index (χ3n) is 2.64. The molecular formula is C11H23NO2. The topological polar surface area (TPSA) is 40.5 Å². The number of aliphatic hydroxyl groups excluding tert-OH is 1. The van der Waals surface area contributed by atoms with Crippen molar-refractivity contribution in [1.82, 2.24) is 4.90 Å². The molecule has 0 aliphatic carbocycles. The third kappa shape index (κ3) is 3.29. The number of hydrogen-bond donors (Lipinski definition) is 1. The molecule has 0 aromatic rings. The van der Waals surface area contributed by atoms with E-state index in [1.54, 1.807) is 0 Å². The molecule has 0 spiro atoms. The van der Waals surface area contributed by atoms with Crippen LogP contribution in [0.1, 0.15) is 46.0 Å². The lowest BCUT2D eigenvalue weighted by Gasteiger charge is -2.29. The Morgan fingerprint density at radius 1 is 1.21 bits per heavy atom. The number of rotatable bonds is 0. The number of aliphatic hydroxyl groups is 1. The van der Waals surface area contributed by atoms with Crippen LogP contribution >= 0.6 is 0 Å². The lowest BCUT2D eigenvalue weighted by Crippen LogP contribution is -2.36. The number of carbonyl (C=O) groups is 1. The summed E-state index contributed by atoms with van der Waals surface area (Å²) < 4.78 is 0. The van der Waals surface area contributed by atoms with Crippen molar-refractivity contribution >= 4 is 5.91 Å². The van der Waals surface area contributed by atoms with Crippen molar-refractivity contribution in [2.24, 2.45) is 0 Å². The summed E-state index contributed by atoms with van der Waals surface area (Å²) in [5.74, 6) is 0.393. The second kappa shape index (κ2) is 7.80. The molecule has 84 valence electrons. The Bertz CT molecular complexity index is 159. The summed E-state index contributed by atoms with van der Waals surface area (Å²) in [4.78, 5) is 13.2. The zero-order valence-corrected chi connectivity index (χ0v) is 9.62. The van der Waals surface area contributed by atoms with Gasteiger partial charge in [-0.15, -0.1) is 0 Å². The Kier molecular flexibility index (Phi) is 7.48. The Hall–Kier alpha value is -0.570. The van der Waals surface area contributed by atoms with E-state index in [4.69, 9.17) is 5.11 Å². The lowest BCUT2D eigenvalue weighted by atomic mass is 10.0. The fraction of sp³-hybridized carbons (Fsp3) is 0.909. The largest absolute Gasteiger partial charge is 0.400 e. The van der Waals surface area contributed by atoms with Gasteiger partial charge in [0.25, 0.3) is 0 Å². The molecule has 2 heterocycles. The first-order valence-corrected chi connectivity index (χ1v) is 5.62. The van der Waals surface area contributed by atoms with Gasteiger partial charge in [-0.05, 0) is 25.7 Å². The summed E-state index contributed by atoms with van der Waals surface area (Å²) in [5, 5.41) is 7.00. The molecule has 0 unspecified atom stereocenters. The summed E-state index contributed by atoms with van der Waals surface area (Å²) in [7, 11) is 1.00. The highest BCUT2D eigenvalue weighted by atomic mass is 16.2. The minimum Gasteiger partial charge on any atom is -0.400 e. The smallest absolute Gasteiger partial charge is 0.222 e. The van der Waals surface area contributed by atoms with Gasteiger partial charge in [-0.3, -0.25) is 4.79 Å². The van der Waals surface area contributed by atoms with Gasteiger partial charge < -0.3 is 10.0 Å². The van der Waals surface area contributed by atoms with Crippen molar-refractivity contribution in [3.63, 3.8) is 0 Å². The van der Waals surface area contributed by atoms with Gasteiger partial charge in [0.2, 0.25) is 5.91 Å². The summed E-state index contributed by atoms with van der Waals surface area (Å²) in [5.41, 5.74) is 0. The van der Waals surface area contributed by atoms with E-state index in [-0.39, 0.29) is 0 Å². The molecule has 14 heavy (non-hydrogen) atoms. The lowest BCUT2D eigenvalue weighted by molar-refractivity contribution is -0.129. The second-order valence-electron chi connectivity index (χ2n) is 3.28. The van der Waals surface area contributed by atoms with Crippen molar-refractivity contribution in [3.05, 3.63) is 0 Å². The molecule has 0 bridgehead atoms. The van der Waals surface area contributed by atoms with Crippen LogP contribution in [0.3, 0.4) is 0 Å². The number of carbonyl (C=O) groups excluding carboxylic acids is 1. The van der Waals surface area contributed by atoms with E-state index in [0.717, 1.165) is 26.5 Å². The van der Waals surface area contributed by atoms with Crippen LogP contribution < -0.4 is 0 Å². The molecular weight excluding hydrogens is 178 g/mol. The Morgan fingerprint density at radius 3 is 2.43 bits per heavy atom. The molecule has 3 heteroatoms. The standard InChI is InChI=1S/C8H13NO.C2H6.CH4O/c10-8-5-4-7-3-1-2-6-9(7)8;2*1-2/h7H,1-6H2;1-2H3;2H,1H3/t7-;;/m1../s1. The fourth-order valence-corrected chi connectivity index (χ4v) is 2.06. The Labute approximate surface area is 87.1 Å². The van der Waals surface area contributed by atoms with Crippen molar-refractivity contribution in [3.8, 4) is 0 Å². The average molecular weight is 201 g/mol. The molecule has 2 aliphatic rings. The van der Waals surface area contributed by atoms with E-state index in [1.807, 2.05) is 13.8 Å². The van der Waals surface area contributed by atoms with Gasteiger partial charge in [0, 0.05) is 26.1 Å². The third-order valence-corrected chi connectivity index (χ3v) is 2.64. The normalized spacial score (nSPS) is 24.1. The van der Waals surface area contributed by atoms with Gasteiger partial charge >= 0.3 is 0 Å². The summed E-state index contributed by atoms with van der Waals surface area (Å²) in [6.45, 7) is 5.03. The molecule has 2 rings (SSSR count). The van der Waals surface area contributed by atoms with Crippen LogP contribution in [-0.4, -0.2) is 35.6 Å². The van der Waals surface area contributed by atoms with Crippen LogP contribution in [0.15, 0.2) is 0 Å². The molecule has 1 atom stereocenters. The molecule has 2 saturated heterocycles. The minimum absolute atomic E-state index is 0.393. The van der Waals surface area contributed by atoms with Crippen molar-refractivity contribution in [2.45, 2.75) is 52.0 Å². The zero-order valence-electron chi connectivity index (χ0n) is 9.62. The van der Waals surface area contributed by atoms with Crippen LogP contribution in [0.5, 0.6) is 0 Å². The van der Waals surface area contributed by atoms with Gasteiger partial charge in [0.15, 0.2) is 0 Å². The average Bonchev–Trinajstić information content (AvgIpc) is 2.67.